The molecular formula is C24H32N4O6S. The molecule has 0 saturated carbocycles. The Balaban J connectivity index is 2.45. The number of hydrogen-bond acceptors (Lipinski definition) is 6. The largest absolute Gasteiger partial charge is 0.354 e. The lowest BCUT2D eigenvalue weighted by Crippen LogP contribution is -2.51. The molecule has 190 valence electrons. The average molecular weight is 505 g/mol. The van der Waals surface area contributed by atoms with Crippen molar-refractivity contribution in [1.29, 1.82) is 0 Å². The van der Waals surface area contributed by atoms with E-state index < -0.39 is 33.4 Å². The highest BCUT2D eigenvalue weighted by molar-refractivity contribution is 7.92. The van der Waals surface area contributed by atoms with Gasteiger partial charge in [-0.2, -0.15) is 0 Å². The van der Waals surface area contributed by atoms with Crippen LogP contribution in [0.15, 0.2) is 42.5 Å². The molecule has 0 aliphatic carbocycles. The molecule has 35 heavy (non-hydrogen) atoms. The fourth-order valence-electron chi connectivity index (χ4n) is 3.44. The van der Waals surface area contributed by atoms with Crippen LogP contribution in [0.3, 0.4) is 0 Å². The van der Waals surface area contributed by atoms with E-state index in [2.05, 4.69) is 5.32 Å². The van der Waals surface area contributed by atoms with E-state index >= 15 is 0 Å². The molecule has 0 saturated heterocycles. The summed E-state index contributed by atoms with van der Waals surface area (Å²) in [6.07, 6.45) is 1.65. The van der Waals surface area contributed by atoms with Crippen LogP contribution >= 0.6 is 0 Å². The number of aryl methyl sites for hydroxylation is 2. The molecule has 0 aliphatic heterocycles. The van der Waals surface area contributed by atoms with Gasteiger partial charge < -0.3 is 10.2 Å². The van der Waals surface area contributed by atoms with Gasteiger partial charge in [0.1, 0.15) is 12.6 Å². The molecule has 0 heterocycles. The number of sulfonamides is 1. The first-order valence-electron chi connectivity index (χ1n) is 11.2. The maximum absolute atomic E-state index is 13.5. The van der Waals surface area contributed by atoms with Crippen LogP contribution in [0.2, 0.25) is 0 Å². The summed E-state index contributed by atoms with van der Waals surface area (Å²) < 4.78 is 26.2. The van der Waals surface area contributed by atoms with Crippen LogP contribution < -0.4 is 9.62 Å². The van der Waals surface area contributed by atoms with Crippen LogP contribution in [-0.2, 0) is 26.2 Å². The number of amides is 2. The minimum absolute atomic E-state index is 0.0356. The smallest absolute Gasteiger partial charge is 0.271 e. The van der Waals surface area contributed by atoms with E-state index in [1.807, 2.05) is 38.1 Å². The quantitative estimate of drug-likeness (QED) is 0.370. The molecule has 1 atom stereocenters. The van der Waals surface area contributed by atoms with Gasteiger partial charge in [-0.3, -0.25) is 24.0 Å². The number of carbonyl (C=O) groups is 2. The van der Waals surface area contributed by atoms with Crippen LogP contribution in [0, 0.1) is 24.0 Å². The number of hydrogen-bond donors (Lipinski definition) is 1. The maximum atomic E-state index is 13.5. The van der Waals surface area contributed by atoms with E-state index in [-0.39, 0.29) is 23.8 Å². The minimum atomic E-state index is -3.99. The highest BCUT2D eigenvalue weighted by Crippen LogP contribution is 2.28. The summed E-state index contributed by atoms with van der Waals surface area (Å²) in [4.78, 5) is 38.2. The number of nitrogens with zero attached hydrogens (tertiary/aromatic N) is 3. The number of nitrogens with one attached hydrogen (secondary N) is 1. The Morgan fingerprint density at radius 2 is 1.74 bits per heavy atom. The van der Waals surface area contributed by atoms with E-state index in [1.54, 1.807) is 13.8 Å². The molecular weight excluding hydrogens is 472 g/mol. The highest BCUT2D eigenvalue weighted by atomic mass is 32.2. The Morgan fingerprint density at radius 3 is 2.29 bits per heavy atom. The van der Waals surface area contributed by atoms with Crippen molar-refractivity contribution >= 4 is 33.2 Å². The summed E-state index contributed by atoms with van der Waals surface area (Å²) in [6, 6.07) is 10.4. The molecule has 11 heteroatoms. The Kier molecular flexibility index (Phi) is 9.35. The third-order valence-corrected chi connectivity index (χ3v) is 6.67. The van der Waals surface area contributed by atoms with Crippen LogP contribution in [0.5, 0.6) is 0 Å². The topological polar surface area (TPSA) is 130 Å². The average Bonchev–Trinajstić information content (AvgIpc) is 2.79. The molecule has 0 spiro atoms. The fraction of sp³-hybridized carbons (Fsp3) is 0.417. The van der Waals surface area contributed by atoms with Crippen molar-refractivity contribution < 1.29 is 22.9 Å². The number of carbonyl (C=O) groups excluding carboxylic acids is 2. The molecule has 2 aromatic carbocycles. The van der Waals surface area contributed by atoms with Crippen LogP contribution in [0.4, 0.5) is 11.4 Å². The minimum Gasteiger partial charge on any atom is -0.354 e. The number of benzene rings is 2. The van der Waals surface area contributed by atoms with Crippen molar-refractivity contribution in [1.82, 2.24) is 10.2 Å². The Labute approximate surface area is 206 Å². The van der Waals surface area contributed by atoms with Crippen molar-refractivity contribution in [3.05, 3.63) is 69.3 Å². The Hall–Kier alpha value is -3.47. The summed E-state index contributed by atoms with van der Waals surface area (Å²) in [7, 11) is -3.99. The molecule has 2 amide bonds. The number of nitro benzene ring substituents is 1. The molecule has 0 fully saturated rings. The zero-order valence-corrected chi connectivity index (χ0v) is 21.5. The zero-order valence-electron chi connectivity index (χ0n) is 20.6. The molecule has 1 N–H and O–H groups in total. The predicted molar refractivity (Wildman–Crippen MR) is 135 cm³/mol. The number of anilines is 1. The molecule has 0 aliphatic rings. The van der Waals surface area contributed by atoms with Crippen molar-refractivity contribution in [2.24, 2.45) is 0 Å². The lowest BCUT2D eigenvalue weighted by molar-refractivity contribution is -0.384. The van der Waals surface area contributed by atoms with Gasteiger partial charge in [0.2, 0.25) is 21.8 Å². The van der Waals surface area contributed by atoms with Gasteiger partial charge >= 0.3 is 0 Å². The first-order chi connectivity index (χ1) is 16.3. The Morgan fingerprint density at radius 1 is 1.11 bits per heavy atom. The van der Waals surface area contributed by atoms with Gasteiger partial charge in [0.25, 0.3) is 5.69 Å². The van der Waals surface area contributed by atoms with E-state index in [1.165, 1.54) is 17.0 Å². The fourth-order valence-corrected chi connectivity index (χ4v) is 4.34. The molecule has 0 aromatic heterocycles. The summed E-state index contributed by atoms with van der Waals surface area (Å²) in [5, 5.41) is 14.0. The highest BCUT2D eigenvalue weighted by Gasteiger charge is 2.31. The predicted octanol–water partition coefficient (Wildman–Crippen LogP) is 2.92. The van der Waals surface area contributed by atoms with Gasteiger partial charge in [-0.1, -0.05) is 42.8 Å². The third-order valence-electron chi connectivity index (χ3n) is 5.54. The van der Waals surface area contributed by atoms with Gasteiger partial charge in [-0.05, 0) is 38.3 Å². The molecule has 0 unspecified atom stereocenters. The van der Waals surface area contributed by atoms with E-state index in [9.17, 15) is 28.1 Å². The standard InChI is InChI=1S/C24H32N4O6S/c1-6-13-25-24(30)19(4)26(15-20-10-7-17(2)8-11-20)23(29)16-27(35(5,33)34)22-14-21(28(31)32)12-9-18(22)3/h7-12,14,19H,6,13,15-16H2,1-5H3,(H,25,30)/t19-/m1/s1. The molecule has 10 nitrogen and oxygen atoms in total. The third kappa shape index (κ3) is 7.51. The van der Waals surface area contributed by atoms with Gasteiger partial charge in [0, 0.05) is 25.2 Å². The number of nitro groups is 1. The second-order valence-corrected chi connectivity index (χ2v) is 10.4. The molecule has 2 aromatic rings. The van der Waals surface area contributed by atoms with Gasteiger partial charge in [0.15, 0.2) is 0 Å². The summed E-state index contributed by atoms with van der Waals surface area (Å²) in [5.74, 6) is -0.967. The van der Waals surface area contributed by atoms with Crippen LogP contribution in [-0.4, -0.2) is 55.4 Å². The van der Waals surface area contributed by atoms with Crippen molar-refractivity contribution in [2.45, 2.75) is 46.7 Å². The Bertz CT molecular complexity index is 1180. The lowest BCUT2D eigenvalue weighted by Gasteiger charge is -2.31. The maximum Gasteiger partial charge on any atom is 0.271 e. The SMILES string of the molecule is CCCNC(=O)[C@@H](C)N(Cc1ccc(C)cc1)C(=O)CN(c1cc([N+](=O)[O-])ccc1C)S(C)(=O)=O. The van der Waals surface area contributed by atoms with Crippen molar-refractivity contribution in [2.75, 3.05) is 23.7 Å². The van der Waals surface area contributed by atoms with Crippen LogP contribution in [0.25, 0.3) is 0 Å². The van der Waals surface area contributed by atoms with Crippen molar-refractivity contribution in [3.8, 4) is 0 Å². The summed E-state index contributed by atoms with van der Waals surface area (Å²) in [6.45, 7) is 6.94. The number of rotatable bonds is 11. The summed E-state index contributed by atoms with van der Waals surface area (Å²) in [5.41, 5.74) is 2.00. The zero-order chi connectivity index (χ0) is 26.3. The van der Waals surface area contributed by atoms with Crippen LogP contribution in [0.1, 0.15) is 37.0 Å². The summed E-state index contributed by atoms with van der Waals surface area (Å²) >= 11 is 0. The second-order valence-electron chi connectivity index (χ2n) is 8.47. The first kappa shape index (κ1) is 27.8. The van der Waals surface area contributed by atoms with E-state index in [0.717, 1.165) is 34.2 Å². The monoisotopic (exact) mass is 504 g/mol. The second kappa shape index (κ2) is 11.8. The lowest BCUT2D eigenvalue weighted by atomic mass is 10.1. The normalized spacial score (nSPS) is 12.0. The molecule has 2 rings (SSSR count). The number of non-ortho nitro benzene ring substituents is 1. The van der Waals surface area contributed by atoms with E-state index in [4.69, 9.17) is 0 Å². The van der Waals surface area contributed by atoms with Gasteiger partial charge in [-0.15, -0.1) is 0 Å². The van der Waals surface area contributed by atoms with Crippen molar-refractivity contribution in [3.63, 3.8) is 0 Å². The van der Waals surface area contributed by atoms with E-state index in [0.29, 0.717) is 12.1 Å². The molecule has 0 bridgehead atoms. The van der Waals surface area contributed by atoms with Gasteiger partial charge in [0.05, 0.1) is 16.9 Å². The molecule has 0 radical (unpaired) electrons. The first-order valence-corrected chi connectivity index (χ1v) is 13.1. The van der Waals surface area contributed by atoms with Gasteiger partial charge in [-0.25, -0.2) is 8.42 Å².